The van der Waals surface area contributed by atoms with Gasteiger partial charge in [-0.2, -0.15) is 4.98 Å². The van der Waals surface area contributed by atoms with Gasteiger partial charge in [-0.1, -0.05) is 152 Å². The predicted octanol–water partition coefficient (Wildman–Crippen LogP) is 16.7. The molecule has 0 N–H and O–H groups in total. The first kappa shape index (κ1) is 38.6. The molecule has 0 atom stereocenters. The van der Waals surface area contributed by atoms with Crippen molar-refractivity contribution in [2.24, 2.45) is 0 Å². The van der Waals surface area contributed by atoms with Crippen molar-refractivity contribution in [2.75, 3.05) is 0 Å². The largest absolute Gasteiger partial charge is 0.438 e. The molecule has 6 heteroatoms. The van der Waals surface area contributed by atoms with E-state index in [-0.39, 0.29) is 0 Å². The molecule has 15 aromatic rings. The number of para-hydroxylation sites is 6. The lowest BCUT2D eigenvalue weighted by Gasteiger charge is -2.11. The van der Waals surface area contributed by atoms with Crippen molar-refractivity contribution in [2.45, 2.75) is 0 Å². The van der Waals surface area contributed by atoms with Crippen molar-refractivity contribution in [1.29, 1.82) is 0 Å². The Morgan fingerprint density at radius 3 is 1.23 bits per heavy atom. The first-order chi connectivity index (χ1) is 34.8. The normalized spacial score (nSPS) is 12.0. The number of nitrogens with zero attached hydrogens (tertiary/aromatic N) is 5. The lowest BCUT2D eigenvalue weighted by atomic mass is 9.96. The second-order valence-corrected chi connectivity index (χ2v) is 18.1. The highest BCUT2D eigenvalue weighted by molar-refractivity contribution is 6.22. The van der Waals surface area contributed by atoms with Crippen LogP contribution in [-0.4, -0.2) is 23.7 Å². The minimum atomic E-state index is 0.540. The summed E-state index contributed by atoms with van der Waals surface area (Å²) in [6, 6.07) is 84.2. The van der Waals surface area contributed by atoms with Crippen molar-refractivity contribution >= 4 is 87.5 Å². The van der Waals surface area contributed by atoms with Crippen LogP contribution in [0, 0.1) is 0 Å². The average molecular weight is 894 g/mol. The fourth-order valence-corrected chi connectivity index (χ4v) is 11.4. The van der Waals surface area contributed by atoms with Crippen molar-refractivity contribution in [3.8, 4) is 50.8 Å². The molecule has 0 saturated heterocycles. The number of rotatable bonds is 6. The Kier molecular flexibility index (Phi) is 8.26. The zero-order chi connectivity index (χ0) is 45.9. The Balaban J connectivity index is 1.04. The highest BCUT2D eigenvalue weighted by atomic mass is 16.3. The SMILES string of the molecule is c1ccc(-n2c3ccccc3c3c(-c4ccc5oc6nc(-c7cccc8c7c7ccccc7n8-c7ccccc7)nc(-c7cccc8c7c7ccccc7n8-c7ccccc7)c6c5c4)cccc32)cc1. The smallest absolute Gasteiger partial charge is 0.231 e. The molecule has 6 nitrogen and oxygen atoms in total. The van der Waals surface area contributed by atoms with Gasteiger partial charge < -0.3 is 18.1 Å². The predicted molar refractivity (Wildman–Crippen MR) is 289 cm³/mol. The Morgan fingerprint density at radius 1 is 0.300 bits per heavy atom. The number of furan rings is 1. The maximum Gasteiger partial charge on any atom is 0.231 e. The lowest BCUT2D eigenvalue weighted by Crippen LogP contribution is -1.96. The van der Waals surface area contributed by atoms with E-state index in [1.54, 1.807) is 0 Å². The molecule has 0 aliphatic heterocycles. The van der Waals surface area contributed by atoms with Gasteiger partial charge in [-0.05, 0) is 96.1 Å². The van der Waals surface area contributed by atoms with E-state index >= 15 is 0 Å². The van der Waals surface area contributed by atoms with Gasteiger partial charge in [0.15, 0.2) is 5.82 Å². The molecule has 0 amide bonds. The molecule has 0 spiro atoms. The first-order valence-corrected chi connectivity index (χ1v) is 23.7. The van der Waals surface area contributed by atoms with E-state index < -0.39 is 0 Å². The molecule has 0 aliphatic rings. The fourth-order valence-electron chi connectivity index (χ4n) is 11.4. The van der Waals surface area contributed by atoms with Crippen molar-refractivity contribution in [1.82, 2.24) is 23.7 Å². The molecule has 5 heterocycles. The standard InChI is InChI=1S/C64H39N5O/c1-4-19-41(20-5-1)67-51-31-13-10-25-45(51)58-44(28-16-34-54(58)67)40-37-38-57-50(39-40)61-62(48-29-17-35-55-59(48)46-26-11-14-32-52(46)68(55)42-21-6-2-7-22-42)65-63(66-64(61)70-57)49-30-18-36-56-60(49)47-27-12-15-33-53(47)69(56)43-23-8-3-9-24-43/h1-39H. The third-order valence-electron chi connectivity index (χ3n) is 14.3. The maximum absolute atomic E-state index is 6.97. The highest BCUT2D eigenvalue weighted by Gasteiger charge is 2.26. The summed E-state index contributed by atoms with van der Waals surface area (Å²) < 4.78 is 14.0. The summed E-state index contributed by atoms with van der Waals surface area (Å²) in [5, 5.41) is 8.73. The number of hydrogen-bond acceptors (Lipinski definition) is 3. The number of fused-ring (bicyclic) bond motifs is 12. The average Bonchev–Trinajstić information content (AvgIpc) is 4.17. The summed E-state index contributed by atoms with van der Waals surface area (Å²) in [4.78, 5) is 11.2. The van der Waals surface area contributed by atoms with Crippen LogP contribution in [0.2, 0.25) is 0 Å². The number of benzene rings is 10. The number of hydrogen-bond donors (Lipinski definition) is 0. The van der Waals surface area contributed by atoms with Gasteiger partial charge in [-0.15, -0.1) is 0 Å². The van der Waals surface area contributed by atoms with Gasteiger partial charge in [-0.25, -0.2) is 4.98 Å². The van der Waals surface area contributed by atoms with Gasteiger partial charge in [0.25, 0.3) is 0 Å². The molecule has 0 aliphatic carbocycles. The van der Waals surface area contributed by atoms with Crippen molar-refractivity contribution in [3.05, 3.63) is 237 Å². The Labute approximate surface area is 401 Å². The topological polar surface area (TPSA) is 53.7 Å². The van der Waals surface area contributed by atoms with Crippen LogP contribution in [0.3, 0.4) is 0 Å². The van der Waals surface area contributed by atoms with Gasteiger partial charge >= 0.3 is 0 Å². The highest BCUT2D eigenvalue weighted by Crippen LogP contribution is 2.46. The zero-order valence-corrected chi connectivity index (χ0v) is 37.7. The summed E-state index contributed by atoms with van der Waals surface area (Å²) in [7, 11) is 0. The van der Waals surface area contributed by atoms with Crippen LogP contribution >= 0.6 is 0 Å². The number of aromatic nitrogens is 5. The van der Waals surface area contributed by atoms with E-state index in [1.165, 1.54) is 16.3 Å². The molecule has 0 fully saturated rings. The second-order valence-electron chi connectivity index (χ2n) is 18.1. The second kappa shape index (κ2) is 15.0. The van der Waals surface area contributed by atoms with Gasteiger partial charge in [0.1, 0.15) is 5.58 Å². The monoisotopic (exact) mass is 893 g/mol. The molecule has 326 valence electrons. The van der Waals surface area contributed by atoms with Crippen LogP contribution in [0.5, 0.6) is 0 Å². The van der Waals surface area contributed by atoms with Gasteiger partial charge in [0.05, 0.1) is 44.2 Å². The van der Waals surface area contributed by atoms with Crippen LogP contribution in [0.15, 0.2) is 241 Å². The molecule has 0 bridgehead atoms. The Morgan fingerprint density at radius 2 is 0.714 bits per heavy atom. The molecule has 0 saturated carbocycles. The lowest BCUT2D eigenvalue weighted by molar-refractivity contribution is 0.653. The van der Waals surface area contributed by atoms with E-state index in [0.29, 0.717) is 11.5 Å². The van der Waals surface area contributed by atoms with Gasteiger partial charge in [0, 0.05) is 65.9 Å². The molecule has 0 unspecified atom stereocenters. The van der Waals surface area contributed by atoms with Crippen molar-refractivity contribution < 1.29 is 4.42 Å². The van der Waals surface area contributed by atoms with E-state index in [9.17, 15) is 0 Å². The first-order valence-electron chi connectivity index (χ1n) is 23.7. The van der Waals surface area contributed by atoms with Crippen LogP contribution in [0.4, 0.5) is 0 Å². The zero-order valence-electron chi connectivity index (χ0n) is 37.7. The quantitative estimate of drug-likeness (QED) is 0.167. The van der Waals surface area contributed by atoms with E-state index in [0.717, 1.165) is 110 Å². The van der Waals surface area contributed by atoms with Crippen molar-refractivity contribution in [3.63, 3.8) is 0 Å². The molecular weight excluding hydrogens is 855 g/mol. The van der Waals surface area contributed by atoms with E-state index in [2.05, 4.69) is 250 Å². The molecule has 70 heavy (non-hydrogen) atoms. The Hall–Kier alpha value is -9.52. The fraction of sp³-hybridized carbons (Fsp3) is 0. The molecule has 10 aromatic carbocycles. The van der Waals surface area contributed by atoms with Gasteiger partial charge in [0.2, 0.25) is 5.71 Å². The summed E-state index contributed by atoms with van der Waals surface area (Å²) in [5.41, 5.74) is 16.4. The summed E-state index contributed by atoms with van der Waals surface area (Å²) in [5.74, 6) is 0.602. The third kappa shape index (κ3) is 5.56. The summed E-state index contributed by atoms with van der Waals surface area (Å²) >= 11 is 0. The van der Waals surface area contributed by atoms with Crippen LogP contribution < -0.4 is 0 Å². The van der Waals surface area contributed by atoms with Crippen LogP contribution in [-0.2, 0) is 0 Å². The summed E-state index contributed by atoms with van der Waals surface area (Å²) in [6.07, 6.45) is 0. The molecular formula is C64H39N5O. The Bertz CT molecular complexity index is 4580. The van der Waals surface area contributed by atoms with Crippen LogP contribution in [0.1, 0.15) is 0 Å². The summed E-state index contributed by atoms with van der Waals surface area (Å²) in [6.45, 7) is 0. The minimum Gasteiger partial charge on any atom is -0.438 e. The maximum atomic E-state index is 6.97. The minimum absolute atomic E-state index is 0.540. The van der Waals surface area contributed by atoms with E-state index in [1.807, 2.05) is 0 Å². The third-order valence-corrected chi connectivity index (χ3v) is 14.3. The molecule has 0 radical (unpaired) electrons. The van der Waals surface area contributed by atoms with E-state index in [4.69, 9.17) is 14.4 Å². The van der Waals surface area contributed by atoms with Crippen LogP contribution in [0.25, 0.3) is 138 Å². The molecule has 15 rings (SSSR count). The van der Waals surface area contributed by atoms with Gasteiger partial charge in [-0.3, -0.25) is 0 Å². The molecule has 5 aromatic heterocycles.